The Morgan fingerprint density at radius 3 is 2.31 bits per heavy atom. The molecule has 3 heteroatoms. The first-order valence-electron chi connectivity index (χ1n) is 4.69. The van der Waals surface area contributed by atoms with Crippen LogP contribution in [0.3, 0.4) is 0 Å². The number of imidazole rings is 1. The van der Waals surface area contributed by atoms with Crippen molar-refractivity contribution in [3.8, 4) is 0 Å². The largest absolute Gasteiger partial charge is 0.332 e. The molecule has 0 unspecified atom stereocenters. The zero-order chi connectivity index (χ0) is 10.0. The molecule has 0 bridgehead atoms. The van der Waals surface area contributed by atoms with Gasteiger partial charge in [-0.3, -0.25) is 0 Å². The standard InChI is InChI=1S/C10H17FN2/c1-7(2)10-12-9(5-11)6-13(10)8(3)4/h6-8H,5H2,1-4H3. The molecule has 0 fully saturated rings. The molecule has 0 aliphatic carbocycles. The summed E-state index contributed by atoms with van der Waals surface area (Å²) in [5.74, 6) is 1.32. The van der Waals surface area contributed by atoms with Crippen LogP contribution >= 0.6 is 0 Å². The van der Waals surface area contributed by atoms with Crippen LogP contribution in [0, 0.1) is 0 Å². The zero-order valence-electron chi connectivity index (χ0n) is 8.71. The maximum absolute atomic E-state index is 12.4. The van der Waals surface area contributed by atoms with E-state index in [4.69, 9.17) is 0 Å². The monoisotopic (exact) mass is 184 g/mol. The molecule has 0 saturated heterocycles. The van der Waals surface area contributed by atoms with Crippen molar-refractivity contribution in [1.82, 2.24) is 9.55 Å². The van der Waals surface area contributed by atoms with E-state index in [0.717, 1.165) is 5.82 Å². The van der Waals surface area contributed by atoms with Gasteiger partial charge in [-0.25, -0.2) is 9.37 Å². The van der Waals surface area contributed by atoms with Gasteiger partial charge in [0.2, 0.25) is 0 Å². The lowest BCUT2D eigenvalue weighted by Crippen LogP contribution is -2.06. The predicted molar refractivity (Wildman–Crippen MR) is 51.5 cm³/mol. The second-order valence-electron chi connectivity index (χ2n) is 3.88. The van der Waals surface area contributed by atoms with Crippen molar-refractivity contribution >= 4 is 0 Å². The minimum Gasteiger partial charge on any atom is -0.332 e. The molecule has 74 valence electrons. The summed E-state index contributed by atoms with van der Waals surface area (Å²) in [5, 5.41) is 0. The van der Waals surface area contributed by atoms with E-state index in [0.29, 0.717) is 17.7 Å². The van der Waals surface area contributed by atoms with Gasteiger partial charge < -0.3 is 4.57 Å². The van der Waals surface area contributed by atoms with Crippen LogP contribution in [-0.2, 0) is 6.67 Å². The Kier molecular flexibility index (Phi) is 3.07. The van der Waals surface area contributed by atoms with Gasteiger partial charge in [0.25, 0.3) is 0 Å². The number of hydrogen-bond donors (Lipinski definition) is 0. The summed E-state index contributed by atoms with van der Waals surface area (Å²) in [7, 11) is 0. The van der Waals surface area contributed by atoms with Crippen molar-refractivity contribution in [1.29, 1.82) is 0 Å². The second kappa shape index (κ2) is 3.90. The molecule has 13 heavy (non-hydrogen) atoms. The minimum absolute atomic E-state index is 0.350. The van der Waals surface area contributed by atoms with E-state index >= 15 is 0 Å². The summed E-state index contributed by atoms with van der Waals surface area (Å²) in [6.45, 7) is 7.83. The van der Waals surface area contributed by atoms with E-state index in [1.165, 1.54) is 0 Å². The van der Waals surface area contributed by atoms with Gasteiger partial charge in [0.05, 0.1) is 5.69 Å². The number of halogens is 1. The molecule has 0 aliphatic rings. The molecular formula is C10H17FN2. The number of alkyl halides is 1. The van der Waals surface area contributed by atoms with E-state index in [9.17, 15) is 4.39 Å². The Balaban J connectivity index is 3.08. The smallest absolute Gasteiger partial charge is 0.133 e. The number of hydrogen-bond acceptors (Lipinski definition) is 1. The fraction of sp³-hybridized carbons (Fsp3) is 0.700. The lowest BCUT2D eigenvalue weighted by Gasteiger charge is -2.12. The molecule has 0 spiro atoms. The average molecular weight is 184 g/mol. The van der Waals surface area contributed by atoms with Crippen molar-refractivity contribution in [3.05, 3.63) is 17.7 Å². The first-order valence-corrected chi connectivity index (χ1v) is 4.69. The summed E-state index contributed by atoms with van der Waals surface area (Å²) in [6.07, 6.45) is 1.81. The van der Waals surface area contributed by atoms with Crippen molar-refractivity contribution < 1.29 is 4.39 Å². The van der Waals surface area contributed by atoms with Crippen LogP contribution in [0.15, 0.2) is 6.20 Å². The maximum atomic E-state index is 12.4. The van der Waals surface area contributed by atoms with Crippen molar-refractivity contribution in [2.45, 2.75) is 46.3 Å². The van der Waals surface area contributed by atoms with Crippen molar-refractivity contribution in [2.24, 2.45) is 0 Å². The van der Waals surface area contributed by atoms with Gasteiger partial charge in [0, 0.05) is 18.2 Å². The Morgan fingerprint density at radius 1 is 1.38 bits per heavy atom. The first kappa shape index (κ1) is 10.2. The fourth-order valence-corrected chi connectivity index (χ4v) is 1.37. The van der Waals surface area contributed by atoms with Gasteiger partial charge in [-0.05, 0) is 13.8 Å². The average Bonchev–Trinajstić information content (AvgIpc) is 2.47. The van der Waals surface area contributed by atoms with Gasteiger partial charge in [-0.15, -0.1) is 0 Å². The van der Waals surface area contributed by atoms with Crippen LogP contribution in [0.25, 0.3) is 0 Å². The highest BCUT2D eigenvalue weighted by atomic mass is 19.1. The lowest BCUT2D eigenvalue weighted by molar-refractivity contribution is 0.476. The Bertz CT molecular complexity index is 251. The van der Waals surface area contributed by atoms with Crippen molar-refractivity contribution in [3.63, 3.8) is 0 Å². The normalized spacial score (nSPS) is 11.6. The number of rotatable bonds is 3. The van der Waals surface area contributed by atoms with Crippen LogP contribution in [0.2, 0.25) is 0 Å². The Morgan fingerprint density at radius 2 is 2.00 bits per heavy atom. The predicted octanol–water partition coefficient (Wildman–Crippen LogP) is 3.06. The Hall–Kier alpha value is -0.860. The lowest BCUT2D eigenvalue weighted by atomic mass is 10.2. The van der Waals surface area contributed by atoms with Gasteiger partial charge in [-0.2, -0.15) is 0 Å². The highest BCUT2D eigenvalue weighted by Gasteiger charge is 2.12. The molecule has 1 aromatic heterocycles. The molecule has 1 rings (SSSR count). The maximum Gasteiger partial charge on any atom is 0.133 e. The molecule has 0 amide bonds. The highest BCUT2D eigenvalue weighted by molar-refractivity contribution is 5.07. The highest BCUT2D eigenvalue weighted by Crippen LogP contribution is 2.19. The van der Waals surface area contributed by atoms with Crippen molar-refractivity contribution in [2.75, 3.05) is 0 Å². The van der Waals surface area contributed by atoms with Gasteiger partial charge in [0.15, 0.2) is 0 Å². The SMILES string of the molecule is CC(C)c1nc(CF)cn1C(C)C. The van der Waals surface area contributed by atoms with Gasteiger partial charge in [-0.1, -0.05) is 13.8 Å². The molecule has 0 radical (unpaired) electrons. The summed E-state index contributed by atoms with van der Waals surface area (Å²) < 4.78 is 14.4. The van der Waals surface area contributed by atoms with E-state index in [1.54, 1.807) is 6.20 Å². The molecule has 0 aliphatic heterocycles. The number of nitrogens with zero attached hydrogens (tertiary/aromatic N) is 2. The van der Waals surface area contributed by atoms with Crippen LogP contribution in [0.5, 0.6) is 0 Å². The minimum atomic E-state index is -0.473. The molecule has 0 N–H and O–H groups in total. The molecule has 1 aromatic rings. The van der Waals surface area contributed by atoms with Crippen LogP contribution in [-0.4, -0.2) is 9.55 Å². The van der Waals surface area contributed by atoms with Crippen LogP contribution in [0.1, 0.15) is 51.2 Å². The fourth-order valence-electron chi connectivity index (χ4n) is 1.37. The molecule has 2 nitrogen and oxygen atoms in total. The quantitative estimate of drug-likeness (QED) is 0.706. The van der Waals surface area contributed by atoms with E-state index in [1.807, 2.05) is 4.57 Å². The molecule has 0 saturated carbocycles. The summed E-state index contributed by atoms with van der Waals surface area (Å²) in [5.41, 5.74) is 0.539. The van der Waals surface area contributed by atoms with Gasteiger partial charge in [0.1, 0.15) is 12.5 Å². The van der Waals surface area contributed by atoms with Crippen LogP contribution < -0.4 is 0 Å². The summed E-state index contributed by atoms with van der Waals surface area (Å²) >= 11 is 0. The zero-order valence-corrected chi connectivity index (χ0v) is 8.71. The van der Waals surface area contributed by atoms with E-state index in [-0.39, 0.29) is 0 Å². The summed E-state index contributed by atoms with van der Waals surface area (Å²) in [4.78, 5) is 4.24. The van der Waals surface area contributed by atoms with Crippen LogP contribution in [0.4, 0.5) is 4.39 Å². The number of aromatic nitrogens is 2. The Labute approximate surface area is 78.8 Å². The molecule has 1 heterocycles. The molecule has 0 aromatic carbocycles. The summed E-state index contributed by atoms with van der Waals surface area (Å²) in [6, 6.07) is 0.352. The first-order chi connectivity index (χ1) is 6.06. The van der Waals surface area contributed by atoms with E-state index < -0.39 is 6.67 Å². The van der Waals surface area contributed by atoms with E-state index in [2.05, 4.69) is 32.7 Å². The third-order valence-electron chi connectivity index (χ3n) is 2.02. The topological polar surface area (TPSA) is 17.8 Å². The van der Waals surface area contributed by atoms with Gasteiger partial charge >= 0.3 is 0 Å². The molecular weight excluding hydrogens is 167 g/mol. The second-order valence-corrected chi connectivity index (χ2v) is 3.88. The molecule has 0 atom stereocenters. The third-order valence-corrected chi connectivity index (χ3v) is 2.02. The third kappa shape index (κ3) is 2.08.